The standard InChI is InChI=1S/C11H11N3O5/c15-9-5-7(1-2-8(9)14(18)19)11(17)13-4-3-12-10(16)6-13/h1-2,5,15H,3-4,6H2,(H,12,16). The molecule has 19 heavy (non-hydrogen) atoms. The summed E-state index contributed by atoms with van der Waals surface area (Å²) in [6.45, 7) is 0.669. The highest BCUT2D eigenvalue weighted by Crippen LogP contribution is 2.26. The summed E-state index contributed by atoms with van der Waals surface area (Å²) >= 11 is 0. The summed E-state index contributed by atoms with van der Waals surface area (Å²) in [7, 11) is 0. The van der Waals surface area contributed by atoms with E-state index in [4.69, 9.17) is 0 Å². The Balaban J connectivity index is 2.22. The predicted octanol–water partition coefficient (Wildman–Crippen LogP) is -0.128. The van der Waals surface area contributed by atoms with Crippen LogP contribution in [0, 0.1) is 10.1 Å². The predicted molar refractivity (Wildman–Crippen MR) is 63.7 cm³/mol. The number of nitro benzene ring substituents is 1. The molecule has 2 rings (SSSR count). The minimum absolute atomic E-state index is 0.0589. The molecule has 100 valence electrons. The molecule has 0 bridgehead atoms. The van der Waals surface area contributed by atoms with Gasteiger partial charge in [0.05, 0.1) is 11.5 Å². The number of nitrogens with one attached hydrogen (secondary N) is 1. The van der Waals surface area contributed by atoms with Crippen molar-refractivity contribution in [1.29, 1.82) is 0 Å². The highest BCUT2D eigenvalue weighted by molar-refractivity contribution is 5.97. The molecule has 2 N–H and O–H groups in total. The van der Waals surface area contributed by atoms with E-state index in [0.717, 1.165) is 12.1 Å². The van der Waals surface area contributed by atoms with Crippen LogP contribution in [0.4, 0.5) is 5.69 Å². The number of benzene rings is 1. The Kier molecular flexibility index (Phi) is 3.32. The quantitative estimate of drug-likeness (QED) is 0.571. The van der Waals surface area contributed by atoms with Gasteiger partial charge in [0.2, 0.25) is 5.91 Å². The zero-order chi connectivity index (χ0) is 14.0. The fourth-order valence-electron chi connectivity index (χ4n) is 1.81. The summed E-state index contributed by atoms with van der Waals surface area (Å²) in [5.74, 6) is -1.27. The average Bonchev–Trinajstić information content (AvgIpc) is 2.37. The maximum atomic E-state index is 12.0. The van der Waals surface area contributed by atoms with Crippen molar-refractivity contribution >= 4 is 17.5 Å². The monoisotopic (exact) mass is 265 g/mol. The lowest BCUT2D eigenvalue weighted by atomic mass is 10.1. The van der Waals surface area contributed by atoms with Crippen LogP contribution in [0.15, 0.2) is 18.2 Å². The summed E-state index contributed by atoms with van der Waals surface area (Å²) in [4.78, 5) is 34.3. The van der Waals surface area contributed by atoms with E-state index in [2.05, 4.69) is 5.32 Å². The Morgan fingerprint density at radius 1 is 1.47 bits per heavy atom. The molecular formula is C11H11N3O5. The largest absolute Gasteiger partial charge is 0.502 e. The maximum Gasteiger partial charge on any atom is 0.310 e. The van der Waals surface area contributed by atoms with E-state index in [1.54, 1.807) is 0 Å². The van der Waals surface area contributed by atoms with Crippen molar-refractivity contribution in [2.45, 2.75) is 0 Å². The zero-order valence-corrected chi connectivity index (χ0v) is 9.83. The highest BCUT2D eigenvalue weighted by Gasteiger charge is 2.24. The molecular weight excluding hydrogens is 254 g/mol. The van der Waals surface area contributed by atoms with E-state index in [1.165, 1.54) is 11.0 Å². The van der Waals surface area contributed by atoms with Gasteiger partial charge in [0.15, 0.2) is 5.75 Å². The van der Waals surface area contributed by atoms with Gasteiger partial charge in [-0.1, -0.05) is 0 Å². The van der Waals surface area contributed by atoms with E-state index in [9.17, 15) is 24.8 Å². The third-order valence-corrected chi connectivity index (χ3v) is 2.74. The maximum absolute atomic E-state index is 12.0. The van der Waals surface area contributed by atoms with E-state index in [0.29, 0.717) is 13.1 Å². The molecule has 8 heteroatoms. The normalized spacial score (nSPS) is 14.9. The zero-order valence-electron chi connectivity index (χ0n) is 9.83. The molecule has 1 aliphatic rings. The van der Waals surface area contributed by atoms with E-state index >= 15 is 0 Å². The number of phenols is 1. The SMILES string of the molecule is O=C1CN(C(=O)c2ccc([N+](=O)[O-])c(O)c2)CCN1. The number of nitrogens with zero attached hydrogens (tertiary/aromatic N) is 2. The van der Waals surface area contributed by atoms with Crippen LogP contribution < -0.4 is 5.32 Å². The van der Waals surface area contributed by atoms with Crippen LogP contribution in [0.25, 0.3) is 0 Å². The van der Waals surface area contributed by atoms with Gasteiger partial charge in [-0.3, -0.25) is 19.7 Å². The van der Waals surface area contributed by atoms with Crippen molar-refractivity contribution in [2.75, 3.05) is 19.6 Å². The average molecular weight is 265 g/mol. The Labute approximate surface area is 107 Å². The molecule has 0 aromatic heterocycles. The van der Waals surface area contributed by atoms with Crippen LogP contribution in [0.1, 0.15) is 10.4 Å². The Morgan fingerprint density at radius 3 is 2.79 bits per heavy atom. The van der Waals surface area contributed by atoms with Crippen LogP contribution in [-0.4, -0.2) is 46.4 Å². The van der Waals surface area contributed by atoms with Gasteiger partial charge in [-0.25, -0.2) is 0 Å². The van der Waals surface area contributed by atoms with Crippen molar-refractivity contribution in [1.82, 2.24) is 10.2 Å². The van der Waals surface area contributed by atoms with E-state index < -0.39 is 22.3 Å². The van der Waals surface area contributed by atoms with Gasteiger partial charge in [-0.15, -0.1) is 0 Å². The van der Waals surface area contributed by atoms with Gasteiger partial charge < -0.3 is 15.3 Å². The lowest BCUT2D eigenvalue weighted by Gasteiger charge is -2.26. The second-order valence-corrected chi connectivity index (χ2v) is 4.04. The number of phenolic OH excluding ortho intramolecular Hbond substituents is 1. The molecule has 0 unspecified atom stereocenters. The van der Waals surface area contributed by atoms with Crippen molar-refractivity contribution in [3.05, 3.63) is 33.9 Å². The molecule has 0 spiro atoms. The van der Waals surface area contributed by atoms with Crippen molar-refractivity contribution in [3.8, 4) is 5.75 Å². The van der Waals surface area contributed by atoms with Crippen LogP contribution in [0.2, 0.25) is 0 Å². The fraction of sp³-hybridized carbons (Fsp3) is 0.273. The molecule has 0 radical (unpaired) electrons. The molecule has 1 aromatic carbocycles. The van der Waals surface area contributed by atoms with E-state index in [1.807, 2.05) is 0 Å². The number of rotatable bonds is 2. The summed E-state index contributed by atoms with van der Waals surface area (Å²) in [5, 5.41) is 22.6. The Hall–Kier alpha value is -2.64. The molecule has 1 saturated heterocycles. The summed E-state index contributed by atoms with van der Waals surface area (Å²) in [6.07, 6.45) is 0. The van der Waals surface area contributed by atoms with Crippen molar-refractivity contribution in [3.63, 3.8) is 0 Å². The molecule has 8 nitrogen and oxygen atoms in total. The minimum Gasteiger partial charge on any atom is -0.502 e. The molecule has 1 fully saturated rings. The number of hydrogen-bond acceptors (Lipinski definition) is 5. The van der Waals surface area contributed by atoms with E-state index in [-0.39, 0.29) is 18.0 Å². The molecule has 0 aliphatic carbocycles. The topological polar surface area (TPSA) is 113 Å². The van der Waals surface area contributed by atoms with Gasteiger partial charge >= 0.3 is 5.69 Å². The van der Waals surface area contributed by atoms with Gasteiger partial charge in [0.1, 0.15) is 0 Å². The molecule has 0 saturated carbocycles. The molecule has 1 aromatic rings. The minimum atomic E-state index is -0.738. The summed E-state index contributed by atoms with van der Waals surface area (Å²) in [6, 6.07) is 3.35. The summed E-state index contributed by atoms with van der Waals surface area (Å²) in [5.41, 5.74) is -0.356. The highest BCUT2D eigenvalue weighted by atomic mass is 16.6. The van der Waals surface area contributed by atoms with Crippen LogP contribution in [-0.2, 0) is 4.79 Å². The first-order valence-electron chi connectivity index (χ1n) is 5.52. The molecule has 1 heterocycles. The second-order valence-electron chi connectivity index (χ2n) is 4.04. The lowest BCUT2D eigenvalue weighted by Crippen LogP contribution is -2.49. The third-order valence-electron chi connectivity index (χ3n) is 2.74. The van der Waals surface area contributed by atoms with Crippen LogP contribution in [0.5, 0.6) is 5.75 Å². The van der Waals surface area contributed by atoms with Crippen LogP contribution in [0.3, 0.4) is 0 Å². The third kappa shape index (κ3) is 2.62. The fourth-order valence-corrected chi connectivity index (χ4v) is 1.81. The number of hydrogen-bond donors (Lipinski definition) is 2. The molecule has 0 atom stereocenters. The van der Waals surface area contributed by atoms with Gasteiger partial charge in [-0.05, 0) is 12.1 Å². The first kappa shape index (κ1) is 12.8. The Bertz CT molecular complexity index is 557. The van der Waals surface area contributed by atoms with Crippen molar-refractivity contribution in [2.24, 2.45) is 0 Å². The number of carbonyl (C=O) groups is 2. The van der Waals surface area contributed by atoms with Gasteiger partial charge in [0, 0.05) is 24.7 Å². The molecule has 1 aliphatic heterocycles. The molecule has 2 amide bonds. The first-order valence-corrected chi connectivity index (χ1v) is 5.52. The van der Waals surface area contributed by atoms with Gasteiger partial charge in [0.25, 0.3) is 5.91 Å². The number of carbonyl (C=O) groups excluding carboxylic acids is 2. The van der Waals surface area contributed by atoms with Gasteiger partial charge in [-0.2, -0.15) is 0 Å². The smallest absolute Gasteiger partial charge is 0.310 e. The number of nitro groups is 1. The number of piperazine rings is 1. The lowest BCUT2D eigenvalue weighted by molar-refractivity contribution is -0.385. The van der Waals surface area contributed by atoms with Crippen molar-refractivity contribution < 1.29 is 19.6 Å². The second kappa shape index (κ2) is 4.92. The number of aromatic hydroxyl groups is 1. The first-order chi connectivity index (χ1) is 8.99. The number of amides is 2. The van der Waals surface area contributed by atoms with Crippen LogP contribution >= 0.6 is 0 Å². The summed E-state index contributed by atoms with van der Waals surface area (Å²) < 4.78 is 0. The Morgan fingerprint density at radius 2 is 2.21 bits per heavy atom.